The van der Waals surface area contributed by atoms with E-state index in [2.05, 4.69) is 25.7 Å². The van der Waals surface area contributed by atoms with E-state index >= 15 is 0 Å². The predicted octanol–water partition coefficient (Wildman–Crippen LogP) is 3.37. The molecule has 2 aromatic rings. The van der Waals surface area contributed by atoms with Crippen molar-refractivity contribution in [3.63, 3.8) is 0 Å². The Morgan fingerprint density at radius 3 is 2.85 bits per heavy atom. The van der Waals surface area contributed by atoms with Gasteiger partial charge in [0.1, 0.15) is 4.88 Å². The number of hydrogen-bond donors (Lipinski definition) is 1. The van der Waals surface area contributed by atoms with Crippen molar-refractivity contribution in [2.45, 2.75) is 25.2 Å². The lowest BCUT2D eigenvalue weighted by Gasteiger charge is -2.09. The molecule has 2 heterocycles. The summed E-state index contributed by atoms with van der Waals surface area (Å²) in [6.45, 7) is 0. The van der Waals surface area contributed by atoms with Crippen molar-refractivity contribution in [3.05, 3.63) is 49.1 Å². The number of hydrogen-bond acceptors (Lipinski definition) is 6. The van der Waals surface area contributed by atoms with Gasteiger partial charge in [0.05, 0.1) is 36.4 Å². The predicted molar refractivity (Wildman–Crippen MR) is 94.3 cm³/mol. The van der Waals surface area contributed by atoms with Gasteiger partial charge in [-0.3, -0.25) is 14.6 Å². The molecule has 9 heteroatoms. The summed E-state index contributed by atoms with van der Waals surface area (Å²) in [5, 5.41) is 10.6. The van der Waals surface area contributed by atoms with Crippen molar-refractivity contribution in [2.24, 2.45) is 0 Å². The first-order chi connectivity index (χ1) is 12.3. The molecule has 0 saturated carbocycles. The molecule has 6 nitrogen and oxygen atoms in total. The molecule has 1 N–H and O–H groups in total. The number of methoxy groups -OCH3 is 1. The number of carboxylic acid groups (broad SMARTS) is 1. The Bertz CT molecular complexity index is 926. The van der Waals surface area contributed by atoms with E-state index in [1.165, 1.54) is 5.38 Å². The van der Waals surface area contributed by atoms with Crippen LogP contribution >= 0.6 is 27.3 Å². The summed E-state index contributed by atoms with van der Waals surface area (Å²) in [5.41, 5.74) is 1.41. The molecule has 1 aliphatic rings. The second-order valence-electron chi connectivity index (χ2n) is 5.77. The van der Waals surface area contributed by atoms with Crippen LogP contribution in [0.3, 0.4) is 0 Å². The Hall–Kier alpha value is -2.13. The number of fused-ring (bicyclic) bond motifs is 1. The van der Waals surface area contributed by atoms with Gasteiger partial charge >= 0.3 is 11.9 Å². The fourth-order valence-corrected chi connectivity index (χ4v) is 4.26. The van der Waals surface area contributed by atoms with Gasteiger partial charge in [-0.2, -0.15) is 0 Å². The molecule has 3 rings (SSSR count). The Balaban J connectivity index is 1.89. The summed E-state index contributed by atoms with van der Waals surface area (Å²) >= 11 is 4.13. The first-order valence-corrected chi connectivity index (χ1v) is 9.30. The number of ether oxygens (including phenoxy) is 1. The van der Waals surface area contributed by atoms with Crippen LogP contribution in [-0.4, -0.2) is 34.9 Å². The molecule has 1 aliphatic carbocycles. The van der Waals surface area contributed by atoms with Crippen molar-refractivity contribution < 1.29 is 28.6 Å². The monoisotopic (exact) mass is 441 g/mol. The van der Waals surface area contributed by atoms with Crippen LogP contribution in [0.25, 0.3) is 0 Å². The van der Waals surface area contributed by atoms with Gasteiger partial charge in [0.25, 0.3) is 0 Å². The molecule has 0 bridgehead atoms. The second-order valence-corrected chi connectivity index (χ2v) is 7.51. The number of carbonyl (C=O) groups excluding carboxylic acids is 2. The SMILES string of the molecule is COC(=O)c1scc(C(=O)Cc2nc3c(cc2Br)CCC3C(=O)O)c1F. The van der Waals surface area contributed by atoms with E-state index in [0.29, 0.717) is 28.7 Å². The molecule has 0 fully saturated rings. The standard InChI is InChI=1S/C17H13BrFNO5S/c1-25-17(24)15-13(19)9(6-26-15)12(21)5-11-10(18)4-7-2-3-8(16(22)23)14(7)20-11/h4,6,8H,2-3,5H2,1H3,(H,22,23). The van der Waals surface area contributed by atoms with Gasteiger partial charge in [0.15, 0.2) is 11.6 Å². The summed E-state index contributed by atoms with van der Waals surface area (Å²) in [7, 11) is 1.13. The number of pyridine rings is 1. The highest BCUT2D eigenvalue weighted by Crippen LogP contribution is 2.35. The Kier molecular flexibility index (Phi) is 5.19. The maximum atomic E-state index is 14.3. The minimum atomic E-state index is -0.956. The zero-order chi connectivity index (χ0) is 19.0. The maximum Gasteiger partial charge on any atom is 0.351 e. The molecule has 26 heavy (non-hydrogen) atoms. The fourth-order valence-electron chi connectivity index (χ4n) is 2.89. The summed E-state index contributed by atoms with van der Waals surface area (Å²) in [5.74, 6) is -3.95. The number of ketones is 1. The topological polar surface area (TPSA) is 93.6 Å². The van der Waals surface area contributed by atoms with Crippen molar-refractivity contribution in [1.82, 2.24) is 4.98 Å². The van der Waals surface area contributed by atoms with Crippen molar-refractivity contribution in [1.29, 1.82) is 0 Å². The van der Waals surface area contributed by atoms with Crippen LogP contribution in [-0.2, 0) is 22.4 Å². The smallest absolute Gasteiger partial charge is 0.351 e. The number of Topliss-reactive ketones (excluding diaryl/α,β-unsaturated/α-hetero) is 1. The third-order valence-corrected chi connectivity index (χ3v) is 5.84. The van der Waals surface area contributed by atoms with Crippen LogP contribution in [0.1, 0.15) is 49.3 Å². The number of thiophene rings is 1. The number of rotatable bonds is 5. The highest BCUT2D eigenvalue weighted by Gasteiger charge is 2.31. The maximum absolute atomic E-state index is 14.3. The summed E-state index contributed by atoms with van der Waals surface area (Å²) < 4.78 is 19.3. The average Bonchev–Trinajstić information content (AvgIpc) is 3.17. The number of carboxylic acids is 1. The zero-order valence-electron chi connectivity index (χ0n) is 13.5. The summed E-state index contributed by atoms with van der Waals surface area (Å²) in [4.78, 5) is 39.4. The van der Waals surface area contributed by atoms with Crippen LogP contribution in [0.4, 0.5) is 4.39 Å². The molecular weight excluding hydrogens is 429 g/mol. The van der Waals surface area contributed by atoms with Gasteiger partial charge in [-0.15, -0.1) is 11.3 Å². The quantitative estimate of drug-likeness (QED) is 0.564. The van der Waals surface area contributed by atoms with Gasteiger partial charge in [-0.05, 0) is 40.4 Å². The molecule has 0 aromatic carbocycles. The van der Waals surface area contributed by atoms with E-state index in [-0.39, 0.29) is 16.9 Å². The lowest BCUT2D eigenvalue weighted by Crippen LogP contribution is -2.13. The van der Waals surface area contributed by atoms with Gasteiger partial charge in [0, 0.05) is 9.85 Å². The number of nitrogens with zero attached hydrogens (tertiary/aromatic N) is 1. The number of aromatic nitrogens is 1. The molecule has 1 unspecified atom stereocenters. The Morgan fingerprint density at radius 2 is 2.19 bits per heavy atom. The van der Waals surface area contributed by atoms with Crippen LogP contribution in [0.5, 0.6) is 0 Å². The summed E-state index contributed by atoms with van der Waals surface area (Å²) in [6, 6.07) is 1.76. The first kappa shape index (κ1) is 18.7. The fraction of sp³-hybridized carbons (Fsp3) is 0.294. The van der Waals surface area contributed by atoms with E-state index in [9.17, 15) is 23.9 Å². The van der Waals surface area contributed by atoms with Crippen LogP contribution in [0.2, 0.25) is 0 Å². The van der Waals surface area contributed by atoms with Gasteiger partial charge in [0.2, 0.25) is 0 Å². The largest absolute Gasteiger partial charge is 0.481 e. The molecule has 0 spiro atoms. The molecule has 0 aliphatic heterocycles. The summed E-state index contributed by atoms with van der Waals surface area (Å²) in [6.07, 6.45) is 0.853. The number of halogens is 2. The minimum Gasteiger partial charge on any atom is -0.481 e. The zero-order valence-corrected chi connectivity index (χ0v) is 15.9. The van der Waals surface area contributed by atoms with E-state index in [0.717, 1.165) is 24.0 Å². The molecule has 0 amide bonds. The van der Waals surface area contributed by atoms with Crippen LogP contribution in [0.15, 0.2) is 15.9 Å². The van der Waals surface area contributed by atoms with E-state index < -0.39 is 29.5 Å². The third kappa shape index (κ3) is 3.28. The number of carbonyl (C=O) groups is 3. The second kappa shape index (κ2) is 7.24. The molecule has 0 saturated heterocycles. The minimum absolute atomic E-state index is 0.209. The molecular formula is C17H13BrFNO5S. The average molecular weight is 442 g/mol. The Morgan fingerprint density at radius 1 is 1.46 bits per heavy atom. The molecule has 2 aromatic heterocycles. The number of aliphatic carboxylic acids is 1. The first-order valence-electron chi connectivity index (χ1n) is 7.63. The third-order valence-electron chi connectivity index (χ3n) is 4.22. The van der Waals surface area contributed by atoms with Crippen molar-refractivity contribution >= 4 is 45.0 Å². The highest BCUT2D eigenvalue weighted by atomic mass is 79.9. The van der Waals surface area contributed by atoms with Gasteiger partial charge in [-0.25, -0.2) is 9.18 Å². The van der Waals surface area contributed by atoms with Crippen LogP contribution < -0.4 is 0 Å². The van der Waals surface area contributed by atoms with Crippen molar-refractivity contribution in [3.8, 4) is 0 Å². The molecule has 0 radical (unpaired) electrons. The van der Waals surface area contributed by atoms with Crippen molar-refractivity contribution in [2.75, 3.05) is 7.11 Å². The highest BCUT2D eigenvalue weighted by molar-refractivity contribution is 9.10. The Labute approximate surface area is 160 Å². The van der Waals surface area contributed by atoms with Gasteiger partial charge in [-0.1, -0.05) is 0 Å². The lowest BCUT2D eigenvalue weighted by atomic mass is 10.0. The van der Waals surface area contributed by atoms with E-state index in [1.807, 2.05) is 0 Å². The van der Waals surface area contributed by atoms with E-state index in [1.54, 1.807) is 6.07 Å². The number of esters is 1. The van der Waals surface area contributed by atoms with Crippen LogP contribution in [0, 0.1) is 5.82 Å². The molecule has 1 atom stereocenters. The number of aryl methyl sites for hydroxylation is 1. The van der Waals surface area contributed by atoms with Gasteiger partial charge < -0.3 is 9.84 Å². The normalized spacial score (nSPS) is 15.6. The molecule has 136 valence electrons. The lowest BCUT2D eigenvalue weighted by molar-refractivity contribution is -0.138. The van der Waals surface area contributed by atoms with E-state index in [4.69, 9.17) is 0 Å².